The monoisotopic (exact) mass is 355 g/mol. The van der Waals surface area contributed by atoms with Crippen molar-refractivity contribution in [2.24, 2.45) is 10.8 Å². The Kier molecular flexibility index (Phi) is 4.72. The molecule has 1 aliphatic rings. The third kappa shape index (κ3) is 3.00. The van der Waals surface area contributed by atoms with Gasteiger partial charge >= 0.3 is 5.97 Å². The van der Waals surface area contributed by atoms with E-state index in [4.69, 9.17) is 28.0 Å². The van der Waals surface area contributed by atoms with Crippen LogP contribution in [0.4, 0.5) is 8.78 Å². The van der Waals surface area contributed by atoms with E-state index in [1.165, 1.54) is 0 Å². The lowest BCUT2D eigenvalue weighted by Gasteiger charge is -2.22. The van der Waals surface area contributed by atoms with Crippen LogP contribution in [0, 0.1) is 5.82 Å². The molecule has 1 atom stereocenters. The maximum Gasteiger partial charge on any atom is 0.330 e. The highest BCUT2D eigenvalue weighted by Gasteiger charge is 2.29. The number of nitrogens with two attached hydrogens (primary N) is 1. The van der Waals surface area contributed by atoms with Gasteiger partial charge in [-0.25, -0.2) is 13.6 Å². The Morgan fingerprint density at radius 3 is 2.67 bits per heavy atom. The summed E-state index contributed by atoms with van der Waals surface area (Å²) in [5.41, 5.74) is 11.3. The topological polar surface area (TPSA) is 141 Å². The van der Waals surface area contributed by atoms with Gasteiger partial charge in [0.05, 0.1) is 22.0 Å². The van der Waals surface area contributed by atoms with E-state index in [0.717, 1.165) is 18.2 Å². The molecule has 0 spiro atoms. The van der Waals surface area contributed by atoms with Crippen LogP contribution < -0.4 is 11.1 Å². The molecule has 0 saturated heterocycles. The summed E-state index contributed by atoms with van der Waals surface area (Å²) in [6.45, 7) is 0. The molecule has 4 N–H and O–H groups in total. The number of halogens is 3. The van der Waals surface area contributed by atoms with E-state index in [2.05, 4.69) is 15.3 Å². The molecule has 2 rings (SSSR count). The van der Waals surface area contributed by atoms with Gasteiger partial charge in [-0.3, -0.25) is 4.79 Å². The first-order valence-corrected chi connectivity index (χ1v) is 6.60. The average molecular weight is 356 g/mol. The zero-order chi connectivity index (χ0) is 18.0. The lowest BCUT2D eigenvalue weighted by Crippen LogP contribution is -2.38. The minimum absolute atomic E-state index is 0.358. The van der Waals surface area contributed by atoms with Gasteiger partial charge < -0.3 is 16.2 Å². The number of nitrogens with zero attached hydrogens (tertiary/aromatic N) is 3. The Bertz CT molecular complexity index is 861. The molecule has 1 amide bonds. The van der Waals surface area contributed by atoms with Gasteiger partial charge in [0.25, 0.3) is 5.91 Å². The van der Waals surface area contributed by atoms with Gasteiger partial charge in [-0.15, -0.1) is 0 Å². The van der Waals surface area contributed by atoms with E-state index in [-0.39, 0.29) is 5.02 Å². The fourth-order valence-corrected chi connectivity index (χ4v) is 2.25. The molecule has 11 heteroatoms. The molecule has 124 valence electrons. The second kappa shape index (κ2) is 6.57. The van der Waals surface area contributed by atoms with E-state index < -0.39 is 52.1 Å². The van der Waals surface area contributed by atoms with Crippen molar-refractivity contribution >= 4 is 29.2 Å². The quantitative estimate of drug-likeness (QED) is 0.434. The number of nitrogens with one attached hydrogen (secondary N) is 1. The molecule has 0 bridgehead atoms. The fourth-order valence-electron chi connectivity index (χ4n) is 2.02. The summed E-state index contributed by atoms with van der Waals surface area (Å²) in [4.78, 5) is 24.9. The van der Waals surface area contributed by atoms with Gasteiger partial charge in [-0.1, -0.05) is 11.6 Å². The molecule has 0 aliphatic carbocycles. The van der Waals surface area contributed by atoms with Gasteiger partial charge in [0.15, 0.2) is 5.83 Å². The maximum absolute atomic E-state index is 14.6. The summed E-state index contributed by atoms with van der Waals surface area (Å²) < 4.78 is 28.8. The number of amides is 1. The van der Waals surface area contributed by atoms with Gasteiger partial charge in [0.1, 0.15) is 11.9 Å². The normalized spacial score (nSPS) is 16.8. The summed E-state index contributed by atoms with van der Waals surface area (Å²) >= 11 is 5.71. The van der Waals surface area contributed by atoms with E-state index >= 15 is 0 Å². The lowest BCUT2D eigenvalue weighted by atomic mass is 10.0. The Hall–Kier alpha value is -3.10. The van der Waals surface area contributed by atoms with E-state index in [1.54, 1.807) is 0 Å². The van der Waals surface area contributed by atoms with E-state index in [1.807, 2.05) is 0 Å². The number of dihydropyridines is 1. The zero-order valence-corrected chi connectivity index (χ0v) is 12.4. The Morgan fingerprint density at radius 1 is 1.42 bits per heavy atom. The van der Waals surface area contributed by atoms with Crippen LogP contribution in [0.5, 0.6) is 0 Å². The molecule has 8 nitrogen and oxygen atoms in total. The number of carbonyl (C=O) groups excluding carboxylic acids is 1. The fraction of sp³-hybridized carbons (Fsp3) is 0.0769. The molecule has 0 fully saturated rings. The molecule has 1 aromatic rings. The number of azide groups is 1. The van der Waals surface area contributed by atoms with Gasteiger partial charge in [0, 0.05) is 10.5 Å². The summed E-state index contributed by atoms with van der Waals surface area (Å²) in [6, 6.07) is 0.710. The number of carbonyl (C=O) groups is 2. The van der Waals surface area contributed by atoms with Crippen molar-refractivity contribution in [3.8, 4) is 0 Å². The average Bonchev–Trinajstić information content (AvgIpc) is 2.50. The summed E-state index contributed by atoms with van der Waals surface area (Å²) in [6.07, 6.45) is 0.904. The van der Waals surface area contributed by atoms with Crippen molar-refractivity contribution in [3.63, 3.8) is 0 Å². The van der Waals surface area contributed by atoms with Crippen molar-refractivity contribution in [1.29, 1.82) is 0 Å². The third-order valence-corrected chi connectivity index (χ3v) is 3.41. The number of hydrogen-bond donors (Lipinski definition) is 3. The van der Waals surface area contributed by atoms with Crippen LogP contribution in [0.25, 0.3) is 16.1 Å². The second-order valence-electron chi connectivity index (χ2n) is 4.55. The minimum Gasteiger partial charge on any atom is -0.479 e. The number of hydrogen-bond acceptors (Lipinski definition) is 4. The highest BCUT2D eigenvalue weighted by Crippen LogP contribution is 2.31. The summed E-state index contributed by atoms with van der Waals surface area (Å²) in [7, 11) is 0. The summed E-state index contributed by atoms with van der Waals surface area (Å²) in [5, 5.41) is 13.6. The van der Waals surface area contributed by atoms with Crippen LogP contribution in [-0.2, 0) is 4.79 Å². The van der Waals surface area contributed by atoms with Crippen molar-refractivity contribution in [2.45, 2.75) is 6.04 Å². The van der Waals surface area contributed by atoms with Gasteiger partial charge in [0.2, 0.25) is 0 Å². The van der Waals surface area contributed by atoms with Crippen LogP contribution in [0.3, 0.4) is 0 Å². The first-order chi connectivity index (χ1) is 11.3. The van der Waals surface area contributed by atoms with Crippen LogP contribution in [-0.4, -0.2) is 23.0 Å². The molecule has 1 heterocycles. The number of benzene rings is 1. The lowest BCUT2D eigenvalue weighted by molar-refractivity contribution is -0.137. The molecule has 1 aromatic carbocycles. The zero-order valence-electron chi connectivity index (χ0n) is 11.6. The number of aliphatic carboxylic acids is 1. The number of rotatable bonds is 3. The smallest absolute Gasteiger partial charge is 0.330 e. The second-order valence-corrected chi connectivity index (χ2v) is 4.96. The number of carboxylic acid groups (broad SMARTS) is 1. The van der Waals surface area contributed by atoms with Crippen LogP contribution in [0.15, 0.2) is 34.8 Å². The van der Waals surface area contributed by atoms with Crippen LogP contribution in [0.1, 0.15) is 15.9 Å². The third-order valence-electron chi connectivity index (χ3n) is 3.09. The Balaban J connectivity index is 2.65. The Labute approximate surface area is 137 Å². The van der Waals surface area contributed by atoms with E-state index in [9.17, 15) is 18.4 Å². The molecule has 0 radical (unpaired) electrons. The standard InChI is InChI=1S/C13H8ClF2N5O3/c14-5-2-1-4(9(15)8(5)12(22)20-21-18)11-10(16)6(17)3-7(19-11)13(23)24/h1-3,7,19H,17H2,(H,23,24). The first kappa shape index (κ1) is 17.3. The first-order valence-electron chi connectivity index (χ1n) is 6.22. The molecular weight excluding hydrogens is 348 g/mol. The highest BCUT2D eigenvalue weighted by atomic mass is 35.5. The Morgan fingerprint density at radius 2 is 2.08 bits per heavy atom. The summed E-state index contributed by atoms with van der Waals surface area (Å²) in [5.74, 6) is -5.06. The molecular formula is C13H8ClF2N5O3. The predicted octanol–water partition coefficient (Wildman–Crippen LogP) is 2.47. The largest absolute Gasteiger partial charge is 0.479 e. The number of allylic oxidation sites excluding steroid dienone is 1. The van der Waals surface area contributed by atoms with Gasteiger partial charge in [-0.2, -0.15) is 0 Å². The van der Waals surface area contributed by atoms with Crippen LogP contribution in [0.2, 0.25) is 5.02 Å². The number of carboxylic acids is 1. The minimum atomic E-state index is -1.40. The predicted molar refractivity (Wildman–Crippen MR) is 79.7 cm³/mol. The van der Waals surface area contributed by atoms with E-state index in [0.29, 0.717) is 0 Å². The molecule has 0 aromatic heterocycles. The van der Waals surface area contributed by atoms with Gasteiger partial charge in [-0.05, 0) is 28.9 Å². The van der Waals surface area contributed by atoms with Crippen molar-refractivity contribution in [3.05, 3.63) is 62.1 Å². The molecule has 1 unspecified atom stereocenters. The maximum atomic E-state index is 14.6. The molecule has 24 heavy (non-hydrogen) atoms. The SMILES string of the molecule is [N-]=[N+]=NC(=O)c1c(Cl)ccc(C2=C(F)C(N)=CC(C(=O)O)N2)c1F. The highest BCUT2D eigenvalue weighted by molar-refractivity contribution is 6.34. The van der Waals surface area contributed by atoms with Crippen LogP contribution >= 0.6 is 11.6 Å². The molecule has 0 saturated carbocycles. The van der Waals surface area contributed by atoms with Crippen molar-refractivity contribution in [1.82, 2.24) is 5.32 Å². The molecule has 1 aliphatic heterocycles. The van der Waals surface area contributed by atoms with Crippen molar-refractivity contribution < 1.29 is 23.5 Å². The van der Waals surface area contributed by atoms with Crippen molar-refractivity contribution in [2.75, 3.05) is 0 Å².